The van der Waals surface area contributed by atoms with Gasteiger partial charge in [-0.15, -0.1) is 0 Å². The molecule has 0 radical (unpaired) electrons. The van der Waals surface area contributed by atoms with E-state index in [0.29, 0.717) is 5.75 Å². The number of nitrogens with zero attached hydrogens (tertiary/aromatic N) is 1. The molecule has 4 heteroatoms. The topological polar surface area (TPSA) is 52.9 Å². The summed E-state index contributed by atoms with van der Waals surface area (Å²) in [5.41, 5.74) is 10.3. The van der Waals surface area contributed by atoms with Gasteiger partial charge in [-0.1, -0.05) is 83.9 Å². The fourth-order valence-corrected chi connectivity index (χ4v) is 4.48. The average Bonchev–Trinajstić information content (AvgIpc) is 2.98. The first kappa shape index (κ1) is 26.2. The van der Waals surface area contributed by atoms with Gasteiger partial charge in [0.15, 0.2) is 0 Å². The van der Waals surface area contributed by atoms with Crippen LogP contribution in [0.3, 0.4) is 0 Å². The van der Waals surface area contributed by atoms with Crippen LogP contribution in [0.25, 0.3) is 22.3 Å². The molecule has 0 amide bonds. The number of anilines is 3. The largest absolute Gasteiger partial charge is 0.491 e. The van der Waals surface area contributed by atoms with Crippen molar-refractivity contribution in [1.82, 2.24) is 0 Å². The Morgan fingerprint density at radius 1 is 0.538 bits per heavy atom. The van der Waals surface area contributed by atoms with Crippen molar-refractivity contribution in [1.29, 1.82) is 0 Å². The summed E-state index contributed by atoms with van der Waals surface area (Å²) in [7, 11) is 0. The maximum absolute atomic E-state index is 9.61. The van der Waals surface area contributed by atoms with Crippen molar-refractivity contribution >= 4 is 17.1 Å². The molecule has 0 aromatic heterocycles. The van der Waals surface area contributed by atoms with Gasteiger partial charge in [0.25, 0.3) is 0 Å². The Hall–Kier alpha value is -4.38. The van der Waals surface area contributed by atoms with E-state index in [2.05, 4.69) is 116 Å². The predicted octanol–water partition coefficient (Wildman–Crippen LogP) is 7.84. The number of hydrogen-bond donors (Lipinski definition) is 2. The fourth-order valence-electron chi connectivity index (χ4n) is 4.48. The van der Waals surface area contributed by atoms with E-state index in [4.69, 9.17) is 9.84 Å². The summed E-state index contributed by atoms with van der Waals surface area (Å²) in [5, 5.41) is 18.7. The Labute approximate surface area is 230 Å². The number of ether oxygens (including phenoxy) is 1. The van der Waals surface area contributed by atoms with Gasteiger partial charge in [-0.25, -0.2) is 0 Å². The van der Waals surface area contributed by atoms with E-state index in [1.807, 2.05) is 24.3 Å². The molecule has 5 rings (SSSR count). The smallest absolute Gasteiger partial charge is 0.119 e. The molecule has 39 heavy (non-hydrogen) atoms. The SMILES string of the molecule is Cc1ccc(-c2ccc(N(c3ccc(OCC(O)CO)cc3)c3ccc(-c4ccc(C)cc4)cc3)cc2)cc1. The second-order valence-corrected chi connectivity index (χ2v) is 9.80. The minimum Gasteiger partial charge on any atom is -0.491 e. The summed E-state index contributed by atoms with van der Waals surface area (Å²) < 4.78 is 5.62. The van der Waals surface area contributed by atoms with Crippen LogP contribution in [0.15, 0.2) is 121 Å². The van der Waals surface area contributed by atoms with Crippen LogP contribution in [0.5, 0.6) is 5.75 Å². The van der Waals surface area contributed by atoms with Crippen molar-refractivity contribution in [3.05, 3.63) is 132 Å². The van der Waals surface area contributed by atoms with Gasteiger partial charge in [-0.2, -0.15) is 0 Å². The molecule has 0 aliphatic rings. The summed E-state index contributed by atoms with van der Waals surface area (Å²) in [5.74, 6) is 0.635. The normalized spacial score (nSPS) is 11.7. The van der Waals surface area contributed by atoms with Crippen LogP contribution in [0, 0.1) is 13.8 Å². The van der Waals surface area contributed by atoms with Crippen LogP contribution in [0.4, 0.5) is 17.1 Å². The highest BCUT2D eigenvalue weighted by Gasteiger charge is 2.14. The van der Waals surface area contributed by atoms with Crippen molar-refractivity contribution < 1.29 is 14.9 Å². The Bertz CT molecular complexity index is 1390. The first-order valence-electron chi connectivity index (χ1n) is 13.2. The molecule has 0 spiro atoms. The van der Waals surface area contributed by atoms with Gasteiger partial charge in [0.05, 0.1) is 6.61 Å². The third-order valence-electron chi connectivity index (χ3n) is 6.77. The van der Waals surface area contributed by atoms with Gasteiger partial charge < -0.3 is 19.8 Å². The molecule has 2 N–H and O–H groups in total. The van der Waals surface area contributed by atoms with Crippen LogP contribution >= 0.6 is 0 Å². The molecule has 1 unspecified atom stereocenters. The monoisotopic (exact) mass is 515 g/mol. The molecule has 0 saturated heterocycles. The maximum atomic E-state index is 9.61. The van der Waals surface area contributed by atoms with E-state index in [0.717, 1.165) is 17.1 Å². The van der Waals surface area contributed by atoms with Gasteiger partial charge >= 0.3 is 0 Å². The van der Waals surface area contributed by atoms with Crippen molar-refractivity contribution in [2.45, 2.75) is 20.0 Å². The number of hydrogen-bond acceptors (Lipinski definition) is 4. The number of aryl methyl sites for hydroxylation is 2. The van der Waals surface area contributed by atoms with E-state index in [1.54, 1.807) is 0 Å². The highest BCUT2D eigenvalue weighted by atomic mass is 16.5. The molecule has 1 atom stereocenters. The Kier molecular flexibility index (Phi) is 8.07. The fraction of sp³-hybridized carbons (Fsp3) is 0.143. The summed E-state index contributed by atoms with van der Waals surface area (Å²) in [6.07, 6.45) is -0.903. The average molecular weight is 516 g/mol. The third-order valence-corrected chi connectivity index (χ3v) is 6.77. The zero-order valence-electron chi connectivity index (χ0n) is 22.3. The number of benzene rings is 5. The first-order chi connectivity index (χ1) is 19.0. The molecule has 5 aromatic carbocycles. The molecule has 0 fully saturated rings. The van der Waals surface area contributed by atoms with Crippen LogP contribution in [-0.2, 0) is 0 Å². The van der Waals surface area contributed by atoms with E-state index in [9.17, 15) is 5.11 Å². The second kappa shape index (κ2) is 12.0. The van der Waals surface area contributed by atoms with Crippen LogP contribution in [0.1, 0.15) is 11.1 Å². The number of rotatable bonds is 9. The highest BCUT2D eigenvalue weighted by Crippen LogP contribution is 2.37. The summed E-state index contributed by atoms with van der Waals surface area (Å²) in [4.78, 5) is 2.21. The molecular formula is C35H33NO3. The van der Waals surface area contributed by atoms with Crippen LogP contribution in [-0.4, -0.2) is 29.5 Å². The van der Waals surface area contributed by atoms with E-state index in [1.165, 1.54) is 33.4 Å². The van der Waals surface area contributed by atoms with Gasteiger partial charge in [0.2, 0.25) is 0 Å². The van der Waals surface area contributed by atoms with Gasteiger partial charge in [-0.05, 0) is 84.6 Å². The van der Waals surface area contributed by atoms with Gasteiger partial charge in [0, 0.05) is 17.1 Å². The quantitative estimate of drug-likeness (QED) is 0.210. The van der Waals surface area contributed by atoms with Gasteiger partial charge in [0.1, 0.15) is 18.5 Å². The summed E-state index contributed by atoms with van der Waals surface area (Å²) in [6, 6.07) is 42.1. The Morgan fingerprint density at radius 3 is 1.23 bits per heavy atom. The van der Waals surface area contributed by atoms with E-state index in [-0.39, 0.29) is 13.2 Å². The molecule has 0 saturated carbocycles. The second-order valence-electron chi connectivity index (χ2n) is 9.80. The zero-order valence-corrected chi connectivity index (χ0v) is 22.3. The maximum Gasteiger partial charge on any atom is 0.119 e. The molecular weight excluding hydrogens is 482 g/mol. The molecule has 5 aromatic rings. The van der Waals surface area contributed by atoms with Crippen LogP contribution < -0.4 is 9.64 Å². The minimum absolute atomic E-state index is 0.0422. The lowest BCUT2D eigenvalue weighted by Crippen LogP contribution is -2.21. The lowest BCUT2D eigenvalue weighted by atomic mass is 10.0. The van der Waals surface area contributed by atoms with Crippen molar-refractivity contribution in [3.8, 4) is 28.0 Å². The van der Waals surface area contributed by atoms with Crippen molar-refractivity contribution in [2.24, 2.45) is 0 Å². The summed E-state index contributed by atoms with van der Waals surface area (Å²) >= 11 is 0. The molecule has 196 valence electrons. The highest BCUT2D eigenvalue weighted by molar-refractivity contribution is 5.80. The van der Waals surface area contributed by atoms with Crippen molar-refractivity contribution in [3.63, 3.8) is 0 Å². The van der Waals surface area contributed by atoms with Crippen LogP contribution in [0.2, 0.25) is 0 Å². The standard InChI is InChI=1S/C35H33NO3/c1-25-3-7-27(8-4-25)29-11-15-31(16-12-29)36(33-19-21-35(22-20-33)39-24-34(38)23-37)32-17-13-30(14-18-32)28-9-5-26(2)6-10-28/h3-22,34,37-38H,23-24H2,1-2H3. The molecule has 0 aliphatic heterocycles. The van der Waals surface area contributed by atoms with E-state index >= 15 is 0 Å². The summed E-state index contributed by atoms with van der Waals surface area (Å²) in [6.45, 7) is 3.91. The Balaban J connectivity index is 1.47. The first-order valence-corrected chi connectivity index (χ1v) is 13.2. The molecule has 0 heterocycles. The lowest BCUT2D eigenvalue weighted by Gasteiger charge is -2.26. The minimum atomic E-state index is -0.903. The number of aliphatic hydroxyl groups excluding tert-OH is 2. The van der Waals surface area contributed by atoms with Gasteiger partial charge in [-0.3, -0.25) is 0 Å². The molecule has 0 aliphatic carbocycles. The zero-order chi connectivity index (χ0) is 27.2. The Morgan fingerprint density at radius 2 is 0.872 bits per heavy atom. The molecule has 4 nitrogen and oxygen atoms in total. The molecule has 0 bridgehead atoms. The third kappa shape index (κ3) is 6.37. The van der Waals surface area contributed by atoms with Crippen molar-refractivity contribution in [2.75, 3.05) is 18.1 Å². The van der Waals surface area contributed by atoms with E-state index < -0.39 is 6.10 Å². The predicted molar refractivity (Wildman–Crippen MR) is 160 cm³/mol. The number of aliphatic hydroxyl groups is 2. The lowest BCUT2D eigenvalue weighted by molar-refractivity contribution is 0.0536.